The highest BCUT2D eigenvalue weighted by atomic mass is 32.1. The number of carbonyl (C=O) groups excluding carboxylic acids is 2. The third kappa shape index (κ3) is 6.39. The molecule has 0 spiro atoms. The monoisotopic (exact) mass is 593 g/mol. The number of nitrogens with two attached hydrogens (primary N) is 1. The van der Waals surface area contributed by atoms with E-state index in [1.807, 2.05) is 0 Å². The minimum atomic E-state index is -1.01. The zero-order valence-corrected chi connectivity index (χ0v) is 25.5. The van der Waals surface area contributed by atoms with Crippen LogP contribution in [0.3, 0.4) is 0 Å². The van der Waals surface area contributed by atoms with Gasteiger partial charge in [0.05, 0.1) is 17.5 Å². The summed E-state index contributed by atoms with van der Waals surface area (Å²) in [4.78, 5) is 41.7. The number of ether oxygens (including phenoxy) is 1. The number of aromatic nitrogens is 2. The molecular weight excluding hydrogens is 554 g/mol. The molecular formula is C29H39N9O3S. The largest absolute Gasteiger partial charge is 0.476 e. The van der Waals surface area contributed by atoms with Gasteiger partial charge in [-0.2, -0.15) is 10.2 Å². The number of nitrogens with zero attached hydrogens (tertiary/aromatic N) is 6. The Labute approximate surface area is 250 Å². The molecule has 0 aromatic carbocycles. The van der Waals surface area contributed by atoms with Crippen LogP contribution in [0.25, 0.3) is 0 Å². The number of nitrogen functional groups attached to an aromatic ring is 1. The Bertz CT molecular complexity index is 1420. The van der Waals surface area contributed by atoms with Crippen molar-refractivity contribution in [3.8, 4) is 11.9 Å². The molecule has 4 rings (SSSR count). The minimum absolute atomic E-state index is 0.105. The maximum absolute atomic E-state index is 13.8. The number of amidine groups is 1. The number of nitrogens with one attached hydrogen (secondary N) is 2. The Hall–Kier alpha value is -4.02. The molecule has 224 valence electrons. The quantitative estimate of drug-likeness (QED) is 0.237. The maximum Gasteiger partial charge on any atom is 0.245 e. The van der Waals surface area contributed by atoms with E-state index in [0.717, 1.165) is 43.8 Å². The highest BCUT2D eigenvalue weighted by Gasteiger charge is 2.43. The molecule has 0 bridgehead atoms. The molecule has 1 saturated heterocycles. The Kier molecular flexibility index (Phi) is 9.48. The van der Waals surface area contributed by atoms with Gasteiger partial charge in [-0.25, -0.2) is 4.98 Å². The normalized spacial score (nSPS) is 20.5. The number of thiophene rings is 1. The van der Waals surface area contributed by atoms with Crippen molar-refractivity contribution < 1.29 is 14.3 Å². The van der Waals surface area contributed by atoms with Crippen molar-refractivity contribution in [2.75, 3.05) is 57.5 Å². The first-order valence-corrected chi connectivity index (χ1v) is 14.9. The first kappa shape index (κ1) is 30.9. The number of rotatable bonds is 8. The van der Waals surface area contributed by atoms with E-state index in [9.17, 15) is 14.9 Å². The van der Waals surface area contributed by atoms with E-state index >= 15 is 0 Å². The van der Waals surface area contributed by atoms with Gasteiger partial charge in [0.1, 0.15) is 23.4 Å². The predicted molar refractivity (Wildman–Crippen MR) is 163 cm³/mol. The summed E-state index contributed by atoms with van der Waals surface area (Å²) in [6.45, 7) is 10.4. The Morgan fingerprint density at radius 1 is 1.40 bits per heavy atom. The van der Waals surface area contributed by atoms with Gasteiger partial charge in [0.15, 0.2) is 5.84 Å². The van der Waals surface area contributed by atoms with Gasteiger partial charge in [0.2, 0.25) is 23.6 Å². The van der Waals surface area contributed by atoms with Crippen LogP contribution in [0.15, 0.2) is 18.7 Å². The second-order valence-electron chi connectivity index (χ2n) is 11.1. The lowest BCUT2D eigenvalue weighted by Gasteiger charge is -2.33. The number of anilines is 2. The Morgan fingerprint density at radius 3 is 2.88 bits per heavy atom. The number of hydrogen-bond acceptors (Lipinski definition) is 11. The number of nitriles is 1. The molecule has 2 aromatic heterocycles. The number of amides is 2. The van der Waals surface area contributed by atoms with Gasteiger partial charge in [-0.05, 0) is 59.2 Å². The van der Waals surface area contributed by atoms with Gasteiger partial charge in [-0.3, -0.25) is 15.0 Å². The van der Waals surface area contributed by atoms with E-state index < -0.39 is 5.41 Å². The van der Waals surface area contributed by atoms with E-state index in [1.165, 1.54) is 28.4 Å². The molecule has 3 heterocycles. The molecule has 4 N–H and O–H groups in total. The van der Waals surface area contributed by atoms with Crippen LogP contribution < -0.4 is 20.7 Å². The lowest BCUT2D eigenvalue weighted by molar-refractivity contribution is -0.125. The minimum Gasteiger partial charge on any atom is -0.476 e. The molecule has 1 aliphatic carbocycles. The topological polar surface area (TPSA) is 165 Å². The van der Waals surface area contributed by atoms with Crippen LogP contribution in [0.2, 0.25) is 0 Å². The SMILES string of the molecule is C=CC(=O)N(C)CCOc1cc(C(=N)NC(=O)[C@@]2(C)CCCc3sc(N)c(C#N)c32)nc(N2CCCN(C)C[C@@H]2C)n1. The zero-order chi connectivity index (χ0) is 30.6. The Morgan fingerprint density at radius 2 is 2.17 bits per heavy atom. The van der Waals surface area contributed by atoms with Gasteiger partial charge in [0.25, 0.3) is 0 Å². The van der Waals surface area contributed by atoms with Gasteiger partial charge in [0, 0.05) is 42.7 Å². The van der Waals surface area contributed by atoms with E-state index in [-0.39, 0.29) is 41.9 Å². The fourth-order valence-electron chi connectivity index (χ4n) is 5.60. The third-order valence-electron chi connectivity index (χ3n) is 7.97. The summed E-state index contributed by atoms with van der Waals surface area (Å²) in [5.74, 6) is -0.159. The van der Waals surface area contributed by atoms with Crippen molar-refractivity contribution in [2.45, 2.75) is 51.0 Å². The second-order valence-corrected chi connectivity index (χ2v) is 12.3. The van der Waals surface area contributed by atoms with Crippen molar-refractivity contribution >= 4 is 39.9 Å². The average molecular weight is 594 g/mol. The highest BCUT2D eigenvalue weighted by Crippen LogP contribution is 2.45. The van der Waals surface area contributed by atoms with Gasteiger partial charge >= 0.3 is 0 Å². The molecule has 42 heavy (non-hydrogen) atoms. The van der Waals surface area contributed by atoms with E-state index in [4.69, 9.17) is 20.9 Å². The number of likely N-dealkylation sites (N-methyl/N-ethyl adjacent to an activating group) is 2. The molecule has 0 radical (unpaired) electrons. The van der Waals surface area contributed by atoms with Crippen LogP contribution in [-0.2, 0) is 21.4 Å². The summed E-state index contributed by atoms with van der Waals surface area (Å²) in [5.41, 5.74) is 6.32. The van der Waals surface area contributed by atoms with E-state index in [1.54, 1.807) is 14.0 Å². The summed E-state index contributed by atoms with van der Waals surface area (Å²) in [6.07, 6.45) is 4.22. The van der Waals surface area contributed by atoms with Crippen molar-refractivity contribution in [3.05, 3.63) is 40.4 Å². The van der Waals surface area contributed by atoms with Crippen LogP contribution in [0, 0.1) is 16.7 Å². The van der Waals surface area contributed by atoms with Crippen LogP contribution >= 0.6 is 11.3 Å². The third-order valence-corrected chi connectivity index (χ3v) is 9.05. The van der Waals surface area contributed by atoms with Gasteiger partial charge in [-0.1, -0.05) is 6.58 Å². The molecule has 0 saturated carbocycles. The van der Waals surface area contributed by atoms with Crippen LogP contribution in [0.1, 0.15) is 54.8 Å². The van der Waals surface area contributed by atoms with E-state index in [2.05, 4.69) is 46.7 Å². The van der Waals surface area contributed by atoms with Gasteiger partial charge < -0.3 is 30.5 Å². The smallest absolute Gasteiger partial charge is 0.245 e. The molecule has 2 atom stereocenters. The summed E-state index contributed by atoms with van der Waals surface area (Å²) in [5, 5.41) is 21.8. The zero-order valence-electron chi connectivity index (χ0n) is 24.7. The van der Waals surface area contributed by atoms with Gasteiger partial charge in [-0.15, -0.1) is 11.3 Å². The number of fused-ring (bicyclic) bond motifs is 1. The van der Waals surface area contributed by atoms with Crippen LogP contribution in [0.4, 0.5) is 10.9 Å². The van der Waals surface area contributed by atoms with Crippen molar-refractivity contribution in [1.29, 1.82) is 10.7 Å². The fourth-order valence-corrected chi connectivity index (χ4v) is 6.79. The molecule has 0 unspecified atom stereocenters. The molecule has 2 aromatic rings. The summed E-state index contributed by atoms with van der Waals surface area (Å²) in [6, 6.07) is 3.80. The first-order chi connectivity index (χ1) is 20.0. The van der Waals surface area contributed by atoms with Crippen molar-refractivity contribution in [3.63, 3.8) is 0 Å². The van der Waals surface area contributed by atoms with Crippen LogP contribution in [-0.4, -0.2) is 90.3 Å². The molecule has 13 heteroatoms. The predicted octanol–water partition coefficient (Wildman–Crippen LogP) is 2.28. The maximum atomic E-state index is 13.8. The standard InChI is InChI=1S/C29H39N9O3S/c1-6-23(39)37(5)13-14-41-22-15-20(33-28(34-22)38-12-8-11-36(4)17-18(38)2)25(31)35-27(40)29(3)10-7-9-21-24(29)19(16-30)26(32)42-21/h6,15,18H,1,7-14,17,32H2,2-5H3,(H2,31,35,40)/t18-,29-/m0/s1. The average Bonchev–Trinajstić information content (AvgIpc) is 3.20. The molecule has 1 aliphatic heterocycles. The fraction of sp³-hybridized carbons (Fsp3) is 0.517. The summed E-state index contributed by atoms with van der Waals surface area (Å²) < 4.78 is 5.93. The highest BCUT2D eigenvalue weighted by molar-refractivity contribution is 7.16. The molecule has 1 fully saturated rings. The lowest BCUT2D eigenvalue weighted by Crippen LogP contribution is -2.47. The second kappa shape index (κ2) is 12.9. The number of carbonyl (C=O) groups is 2. The molecule has 12 nitrogen and oxygen atoms in total. The Balaban J connectivity index is 1.62. The number of hydrogen-bond donors (Lipinski definition) is 3. The number of aryl methyl sites for hydroxylation is 1. The summed E-state index contributed by atoms with van der Waals surface area (Å²) in [7, 11) is 3.73. The van der Waals surface area contributed by atoms with Crippen molar-refractivity contribution in [2.24, 2.45) is 0 Å². The lowest BCUT2D eigenvalue weighted by atomic mass is 9.72. The molecule has 2 amide bonds. The van der Waals surface area contributed by atoms with E-state index in [0.29, 0.717) is 35.0 Å². The van der Waals surface area contributed by atoms with Crippen molar-refractivity contribution in [1.82, 2.24) is 25.1 Å². The summed E-state index contributed by atoms with van der Waals surface area (Å²) >= 11 is 1.36. The first-order valence-electron chi connectivity index (χ1n) is 14.0. The molecule has 2 aliphatic rings. The van der Waals surface area contributed by atoms with Crippen LogP contribution in [0.5, 0.6) is 5.88 Å².